The van der Waals surface area contributed by atoms with E-state index in [0.717, 1.165) is 0 Å². The lowest BCUT2D eigenvalue weighted by Gasteiger charge is -2.38. The van der Waals surface area contributed by atoms with Crippen LogP contribution in [-0.4, -0.2) is 72.5 Å². The number of H-pyrrole nitrogens is 1. The predicted octanol–water partition coefficient (Wildman–Crippen LogP) is -0.983. The summed E-state index contributed by atoms with van der Waals surface area (Å²) in [5.74, 6) is -0.312. The smallest absolute Gasteiger partial charge is 0.451 e. The Labute approximate surface area is 154 Å². The number of aryl methyl sites for hydroxylation is 1. The lowest BCUT2D eigenvalue weighted by molar-refractivity contribution is -0.0484. The van der Waals surface area contributed by atoms with E-state index in [1.54, 1.807) is 6.20 Å². The van der Waals surface area contributed by atoms with Crippen molar-refractivity contribution in [1.82, 2.24) is 14.9 Å². The Morgan fingerprint density at radius 2 is 2.11 bits per heavy atom. The number of phenolic OH excluding ortho intramolecular Hbond substituents is 1. The van der Waals surface area contributed by atoms with Crippen LogP contribution in [-0.2, 0) is 6.42 Å². The van der Waals surface area contributed by atoms with E-state index < -0.39 is 13.4 Å². The number of carbonyl (C=O) groups is 1. The summed E-state index contributed by atoms with van der Waals surface area (Å²) in [6.07, 6.45) is 0.817. The molecule has 2 heterocycles. The van der Waals surface area contributed by atoms with Gasteiger partial charge in [-0.3, -0.25) is 4.79 Å². The van der Waals surface area contributed by atoms with E-state index >= 15 is 0 Å². The molecule has 0 radical (unpaired) electrons. The van der Waals surface area contributed by atoms with E-state index in [4.69, 9.17) is 14.8 Å². The van der Waals surface area contributed by atoms with Crippen LogP contribution in [0.5, 0.6) is 11.5 Å². The van der Waals surface area contributed by atoms with Crippen molar-refractivity contribution in [2.24, 2.45) is 0 Å². The molecule has 1 aliphatic heterocycles. The molecule has 2 aromatic rings. The van der Waals surface area contributed by atoms with Crippen LogP contribution in [0.4, 0.5) is 0 Å². The van der Waals surface area contributed by atoms with Gasteiger partial charge in [0.25, 0.3) is 5.91 Å². The highest BCUT2D eigenvalue weighted by molar-refractivity contribution is 6.41. The molecule has 1 aromatic heterocycles. The molecule has 11 heteroatoms. The number of hydrogen-bond donors (Lipinski definition) is 6. The Bertz CT molecular complexity index is 792. The Kier molecular flexibility index (Phi) is 5.66. The first-order valence-corrected chi connectivity index (χ1v) is 8.39. The molecule has 1 fully saturated rings. The monoisotopic (exact) mass is 377 g/mol. The number of likely N-dealkylation sites (tertiary alicyclic amines) is 1. The molecule has 1 aliphatic rings. The second kappa shape index (κ2) is 7.97. The van der Waals surface area contributed by atoms with Crippen molar-refractivity contribution in [3.05, 3.63) is 41.5 Å². The van der Waals surface area contributed by atoms with Gasteiger partial charge >= 0.3 is 7.12 Å². The predicted molar refractivity (Wildman–Crippen MR) is 92.9 cm³/mol. The molecule has 10 nitrogen and oxygen atoms in total. The minimum absolute atomic E-state index is 0.0127. The van der Waals surface area contributed by atoms with Crippen molar-refractivity contribution in [2.75, 3.05) is 13.1 Å². The quantitative estimate of drug-likeness (QED) is 0.265. The van der Waals surface area contributed by atoms with Crippen LogP contribution in [0, 0.1) is 0 Å². The summed E-state index contributed by atoms with van der Waals surface area (Å²) in [6, 6.07) is 2.99. The standard InChI is InChI=1S/C16H20BN3O7/c21-13-9(3-4-17(25)26)1-2-11(12(13)16(23)24)27-10-7-20(8-10)15(22)14-18-5-6-19-14/h1-2,5-6,10,16,21,23-26H,3-4,7-8H2,(H,18,19). The highest BCUT2D eigenvalue weighted by Gasteiger charge is 2.35. The van der Waals surface area contributed by atoms with Gasteiger partial charge < -0.3 is 40.0 Å². The third-order valence-electron chi connectivity index (χ3n) is 4.32. The van der Waals surface area contributed by atoms with Gasteiger partial charge in [-0.2, -0.15) is 0 Å². The molecule has 27 heavy (non-hydrogen) atoms. The number of rotatable bonds is 7. The van der Waals surface area contributed by atoms with Crippen LogP contribution in [0.1, 0.15) is 28.0 Å². The van der Waals surface area contributed by atoms with Crippen molar-refractivity contribution in [3.8, 4) is 11.5 Å². The van der Waals surface area contributed by atoms with Crippen molar-refractivity contribution >= 4 is 13.0 Å². The van der Waals surface area contributed by atoms with Gasteiger partial charge in [-0.05, 0) is 24.4 Å². The molecule has 1 aromatic carbocycles. The van der Waals surface area contributed by atoms with E-state index in [0.29, 0.717) is 18.7 Å². The summed E-state index contributed by atoms with van der Waals surface area (Å²) >= 11 is 0. The fourth-order valence-corrected chi connectivity index (χ4v) is 2.86. The molecule has 3 rings (SSSR count). The maximum absolute atomic E-state index is 12.1. The highest BCUT2D eigenvalue weighted by Crippen LogP contribution is 2.37. The molecule has 0 unspecified atom stereocenters. The summed E-state index contributed by atoms with van der Waals surface area (Å²) in [7, 11) is -1.53. The third-order valence-corrected chi connectivity index (χ3v) is 4.32. The van der Waals surface area contributed by atoms with Gasteiger partial charge in [0.2, 0.25) is 0 Å². The number of aromatic hydroxyl groups is 1. The normalized spacial score (nSPS) is 14.3. The number of nitrogens with one attached hydrogen (secondary N) is 1. The van der Waals surface area contributed by atoms with E-state index in [1.165, 1.54) is 23.2 Å². The number of imidazole rings is 1. The average Bonchev–Trinajstić information content (AvgIpc) is 3.10. The van der Waals surface area contributed by atoms with Crippen LogP contribution >= 0.6 is 0 Å². The summed E-state index contributed by atoms with van der Waals surface area (Å²) in [6.45, 7) is 0.583. The minimum atomic E-state index is -1.97. The molecule has 0 bridgehead atoms. The van der Waals surface area contributed by atoms with Crippen LogP contribution in [0.25, 0.3) is 0 Å². The number of amides is 1. The number of aliphatic hydroxyl groups is 2. The largest absolute Gasteiger partial charge is 0.507 e. The molecule has 1 saturated heterocycles. The van der Waals surface area contributed by atoms with Crippen LogP contribution in [0.3, 0.4) is 0 Å². The zero-order valence-electron chi connectivity index (χ0n) is 14.3. The molecule has 0 saturated carbocycles. The molecule has 144 valence electrons. The number of carbonyl (C=O) groups excluding carboxylic acids is 1. The number of nitrogens with zero attached hydrogens (tertiary/aromatic N) is 2. The van der Waals surface area contributed by atoms with Gasteiger partial charge in [-0.15, -0.1) is 0 Å². The summed E-state index contributed by atoms with van der Waals surface area (Å²) in [5.41, 5.74) is 0.137. The lowest BCUT2D eigenvalue weighted by Crippen LogP contribution is -2.56. The Morgan fingerprint density at radius 3 is 2.70 bits per heavy atom. The second-order valence-electron chi connectivity index (χ2n) is 6.27. The minimum Gasteiger partial charge on any atom is -0.507 e. The SMILES string of the molecule is O=C(c1ncc[nH]1)N1CC(Oc2ccc(CCB(O)O)c(O)c2C(O)O)C1. The molecule has 6 N–H and O–H groups in total. The van der Waals surface area contributed by atoms with Gasteiger partial charge in [0, 0.05) is 12.4 Å². The number of aromatic nitrogens is 2. The Hall–Kier alpha value is -2.60. The molecule has 1 amide bonds. The number of aromatic amines is 1. The van der Waals surface area contributed by atoms with Crippen LogP contribution in [0.2, 0.25) is 6.32 Å². The number of benzene rings is 1. The van der Waals surface area contributed by atoms with Crippen molar-refractivity contribution in [2.45, 2.75) is 25.1 Å². The first-order chi connectivity index (χ1) is 12.9. The summed E-state index contributed by atoms with van der Waals surface area (Å²) in [5, 5.41) is 47.4. The first-order valence-electron chi connectivity index (χ1n) is 8.39. The molecule has 0 aliphatic carbocycles. The maximum Gasteiger partial charge on any atom is 0.451 e. The summed E-state index contributed by atoms with van der Waals surface area (Å²) in [4.78, 5) is 20.3. The maximum atomic E-state index is 12.1. The zero-order chi connectivity index (χ0) is 19.6. The molecule has 0 atom stereocenters. The fraction of sp³-hybridized carbons (Fsp3) is 0.375. The van der Waals surface area contributed by atoms with Gasteiger partial charge in [0.1, 0.15) is 17.6 Å². The molecule has 0 spiro atoms. The van der Waals surface area contributed by atoms with Gasteiger partial charge in [0.05, 0.1) is 18.7 Å². The average molecular weight is 377 g/mol. The van der Waals surface area contributed by atoms with Crippen molar-refractivity contribution in [3.63, 3.8) is 0 Å². The number of phenols is 1. The van der Waals surface area contributed by atoms with E-state index in [1.807, 2.05) is 0 Å². The number of aliphatic hydroxyl groups excluding tert-OH is 1. The topological polar surface area (TPSA) is 159 Å². The fourth-order valence-electron chi connectivity index (χ4n) is 2.86. The Balaban J connectivity index is 1.67. The van der Waals surface area contributed by atoms with Gasteiger partial charge in [0.15, 0.2) is 12.1 Å². The van der Waals surface area contributed by atoms with Gasteiger partial charge in [-0.1, -0.05) is 6.07 Å². The lowest BCUT2D eigenvalue weighted by atomic mass is 9.82. The van der Waals surface area contributed by atoms with Crippen molar-refractivity contribution < 1.29 is 34.9 Å². The highest BCUT2D eigenvalue weighted by atomic mass is 16.5. The number of hydrogen-bond acceptors (Lipinski definition) is 8. The first kappa shape index (κ1) is 19.2. The van der Waals surface area contributed by atoms with Crippen molar-refractivity contribution in [1.29, 1.82) is 0 Å². The van der Waals surface area contributed by atoms with Crippen LogP contribution in [0.15, 0.2) is 24.5 Å². The van der Waals surface area contributed by atoms with E-state index in [-0.39, 0.29) is 47.6 Å². The zero-order valence-corrected chi connectivity index (χ0v) is 14.3. The summed E-state index contributed by atoms with van der Waals surface area (Å²) < 4.78 is 5.70. The van der Waals surface area contributed by atoms with E-state index in [9.17, 15) is 20.1 Å². The third kappa shape index (κ3) is 4.22. The van der Waals surface area contributed by atoms with E-state index in [2.05, 4.69) is 9.97 Å². The number of ether oxygens (including phenoxy) is 1. The Morgan fingerprint density at radius 1 is 1.37 bits per heavy atom. The van der Waals surface area contributed by atoms with Gasteiger partial charge in [-0.25, -0.2) is 4.98 Å². The molecular weight excluding hydrogens is 357 g/mol. The van der Waals surface area contributed by atoms with Crippen LogP contribution < -0.4 is 4.74 Å². The second-order valence-corrected chi connectivity index (χ2v) is 6.27. The molecular formula is C16H20BN3O7.